The highest BCUT2D eigenvalue weighted by molar-refractivity contribution is 7.99. The molecule has 0 aliphatic heterocycles. The van der Waals surface area contributed by atoms with Gasteiger partial charge in [0.1, 0.15) is 12.4 Å². The van der Waals surface area contributed by atoms with Gasteiger partial charge in [0.15, 0.2) is 5.16 Å². The summed E-state index contributed by atoms with van der Waals surface area (Å²) in [5, 5.41) is 16.4. The Balaban J connectivity index is 2.38. The maximum Gasteiger partial charge on any atom is 0.188 e. The number of rotatable bonds is 3. The standard InChI is InChI=1S/C10H8N4S2/c1-15-8-3-2-4-9(7(8)5-11)16-10-12-6-13-14-10/h2-4,6H,1H3,(H,12,13,14). The van der Waals surface area contributed by atoms with Crippen molar-refractivity contribution in [3.05, 3.63) is 30.1 Å². The van der Waals surface area contributed by atoms with Gasteiger partial charge in [-0.25, -0.2) is 4.98 Å². The van der Waals surface area contributed by atoms with Crippen LogP contribution in [-0.4, -0.2) is 21.4 Å². The Bertz CT molecular complexity index is 516. The average Bonchev–Trinajstić information content (AvgIpc) is 2.81. The van der Waals surface area contributed by atoms with Gasteiger partial charge >= 0.3 is 0 Å². The second kappa shape index (κ2) is 5.05. The lowest BCUT2D eigenvalue weighted by Crippen LogP contribution is -1.86. The Labute approximate surface area is 101 Å². The zero-order valence-corrected chi connectivity index (χ0v) is 10.1. The number of H-pyrrole nitrogens is 1. The monoisotopic (exact) mass is 248 g/mol. The molecule has 4 nitrogen and oxygen atoms in total. The summed E-state index contributed by atoms with van der Waals surface area (Å²) in [4.78, 5) is 5.90. The van der Waals surface area contributed by atoms with Crippen molar-refractivity contribution in [1.29, 1.82) is 5.26 Å². The molecule has 80 valence electrons. The minimum absolute atomic E-state index is 0.690. The summed E-state index contributed by atoms with van der Waals surface area (Å²) in [5.41, 5.74) is 0.691. The lowest BCUT2D eigenvalue weighted by Gasteiger charge is -2.04. The van der Waals surface area contributed by atoms with Crippen LogP contribution in [0.5, 0.6) is 0 Å². The zero-order valence-electron chi connectivity index (χ0n) is 8.47. The Kier molecular flexibility index (Phi) is 3.49. The first kappa shape index (κ1) is 11.0. The fraction of sp³-hybridized carbons (Fsp3) is 0.100. The molecule has 16 heavy (non-hydrogen) atoms. The number of nitriles is 1. The lowest BCUT2D eigenvalue weighted by molar-refractivity contribution is 0.972. The third kappa shape index (κ3) is 2.21. The fourth-order valence-corrected chi connectivity index (χ4v) is 2.67. The number of aromatic nitrogens is 3. The molecule has 6 heteroatoms. The van der Waals surface area contributed by atoms with Gasteiger partial charge in [-0.3, -0.25) is 5.10 Å². The van der Waals surface area contributed by atoms with Crippen molar-refractivity contribution in [3.63, 3.8) is 0 Å². The molecule has 0 saturated carbocycles. The van der Waals surface area contributed by atoms with E-state index in [1.165, 1.54) is 18.1 Å². The van der Waals surface area contributed by atoms with Crippen LogP contribution in [0.3, 0.4) is 0 Å². The summed E-state index contributed by atoms with van der Waals surface area (Å²) in [6.45, 7) is 0. The van der Waals surface area contributed by atoms with Crippen LogP contribution in [0.25, 0.3) is 0 Å². The van der Waals surface area contributed by atoms with Crippen LogP contribution in [0.2, 0.25) is 0 Å². The van der Waals surface area contributed by atoms with Gasteiger partial charge in [-0.05, 0) is 30.2 Å². The van der Waals surface area contributed by atoms with E-state index in [1.54, 1.807) is 11.8 Å². The summed E-state index contributed by atoms with van der Waals surface area (Å²) >= 11 is 2.97. The number of thioether (sulfide) groups is 1. The molecule has 0 saturated heterocycles. The summed E-state index contributed by atoms with van der Waals surface area (Å²) in [5.74, 6) is 0. The first-order valence-electron chi connectivity index (χ1n) is 4.45. The Morgan fingerprint density at radius 1 is 1.38 bits per heavy atom. The fourth-order valence-electron chi connectivity index (χ4n) is 1.22. The molecular weight excluding hydrogens is 240 g/mol. The zero-order chi connectivity index (χ0) is 11.4. The van der Waals surface area contributed by atoms with Crippen molar-refractivity contribution >= 4 is 23.5 Å². The lowest BCUT2D eigenvalue weighted by atomic mass is 10.2. The van der Waals surface area contributed by atoms with E-state index in [0.717, 1.165) is 9.79 Å². The molecule has 0 unspecified atom stereocenters. The predicted molar refractivity (Wildman–Crippen MR) is 63.4 cm³/mol. The van der Waals surface area contributed by atoms with Crippen molar-refractivity contribution in [1.82, 2.24) is 15.2 Å². The maximum atomic E-state index is 9.14. The van der Waals surface area contributed by atoms with Crippen LogP contribution >= 0.6 is 23.5 Å². The van der Waals surface area contributed by atoms with Gasteiger partial charge in [0.2, 0.25) is 0 Å². The number of benzene rings is 1. The van der Waals surface area contributed by atoms with Gasteiger partial charge in [-0.1, -0.05) is 6.07 Å². The highest BCUT2D eigenvalue weighted by Crippen LogP contribution is 2.32. The van der Waals surface area contributed by atoms with E-state index in [-0.39, 0.29) is 0 Å². The molecule has 2 aromatic rings. The molecule has 0 fully saturated rings. The molecule has 0 spiro atoms. The Hall–Kier alpha value is -1.45. The number of nitrogens with zero attached hydrogens (tertiary/aromatic N) is 3. The van der Waals surface area contributed by atoms with Gasteiger partial charge < -0.3 is 0 Å². The van der Waals surface area contributed by atoms with E-state index in [9.17, 15) is 0 Å². The van der Waals surface area contributed by atoms with Crippen molar-refractivity contribution < 1.29 is 0 Å². The van der Waals surface area contributed by atoms with E-state index in [0.29, 0.717) is 10.7 Å². The van der Waals surface area contributed by atoms with Crippen molar-refractivity contribution in [2.24, 2.45) is 0 Å². The van der Waals surface area contributed by atoms with Crippen LogP contribution in [0.1, 0.15) is 5.56 Å². The predicted octanol–water partition coefficient (Wildman–Crippen LogP) is 2.55. The van der Waals surface area contributed by atoms with Crippen LogP contribution in [-0.2, 0) is 0 Å². The first-order valence-corrected chi connectivity index (χ1v) is 6.49. The smallest absolute Gasteiger partial charge is 0.188 e. The molecule has 1 N–H and O–H groups in total. The minimum Gasteiger partial charge on any atom is -0.254 e. The molecule has 1 heterocycles. The normalized spacial score (nSPS) is 10.0. The minimum atomic E-state index is 0.690. The van der Waals surface area contributed by atoms with Gasteiger partial charge in [-0.15, -0.1) is 11.8 Å². The quantitative estimate of drug-likeness (QED) is 0.846. The number of aromatic amines is 1. The molecule has 0 amide bonds. The SMILES string of the molecule is CSc1cccc(Sc2ncn[nH]2)c1C#N. The molecule has 1 aromatic heterocycles. The van der Waals surface area contributed by atoms with E-state index in [4.69, 9.17) is 5.26 Å². The highest BCUT2D eigenvalue weighted by atomic mass is 32.2. The maximum absolute atomic E-state index is 9.14. The number of hydrogen-bond donors (Lipinski definition) is 1. The van der Waals surface area contributed by atoms with E-state index in [2.05, 4.69) is 21.3 Å². The molecule has 0 aliphatic carbocycles. The van der Waals surface area contributed by atoms with Crippen molar-refractivity contribution in [2.45, 2.75) is 14.9 Å². The summed E-state index contributed by atoms with van der Waals surface area (Å²) < 4.78 is 0. The van der Waals surface area contributed by atoms with Crippen LogP contribution in [0.4, 0.5) is 0 Å². The Morgan fingerprint density at radius 3 is 2.81 bits per heavy atom. The number of hydrogen-bond acceptors (Lipinski definition) is 5. The topological polar surface area (TPSA) is 65.4 Å². The van der Waals surface area contributed by atoms with Gasteiger partial charge in [0, 0.05) is 9.79 Å². The third-order valence-corrected chi connectivity index (χ3v) is 3.65. The molecule has 1 aromatic carbocycles. The van der Waals surface area contributed by atoms with Gasteiger partial charge in [0.25, 0.3) is 0 Å². The second-order valence-corrected chi connectivity index (χ2v) is 4.72. The van der Waals surface area contributed by atoms with Crippen molar-refractivity contribution in [3.8, 4) is 6.07 Å². The molecule has 0 bridgehead atoms. The highest BCUT2D eigenvalue weighted by Gasteiger charge is 2.09. The van der Waals surface area contributed by atoms with E-state index >= 15 is 0 Å². The Morgan fingerprint density at radius 2 is 2.19 bits per heavy atom. The van der Waals surface area contributed by atoms with Crippen LogP contribution < -0.4 is 0 Å². The van der Waals surface area contributed by atoms with Crippen LogP contribution in [0.15, 0.2) is 39.5 Å². The van der Waals surface area contributed by atoms with E-state index in [1.807, 2.05) is 24.5 Å². The van der Waals surface area contributed by atoms with Crippen molar-refractivity contribution in [2.75, 3.05) is 6.26 Å². The van der Waals surface area contributed by atoms with E-state index < -0.39 is 0 Å². The largest absolute Gasteiger partial charge is 0.254 e. The van der Waals surface area contributed by atoms with Gasteiger partial charge in [0.05, 0.1) is 5.56 Å². The molecule has 0 atom stereocenters. The number of nitrogens with one attached hydrogen (secondary N) is 1. The molecule has 0 radical (unpaired) electrons. The third-order valence-electron chi connectivity index (χ3n) is 1.92. The molecular formula is C10H8N4S2. The average molecular weight is 248 g/mol. The summed E-state index contributed by atoms with van der Waals surface area (Å²) in [7, 11) is 0. The molecule has 2 rings (SSSR count). The second-order valence-electron chi connectivity index (χ2n) is 2.84. The van der Waals surface area contributed by atoms with Crippen LogP contribution in [0, 0.1) is 11.3 Å². The van der Waals surface area contributed by atoms with Gasteiger partial charge in [-0.2, -0.15) is 10.4 Å². The summed E-state index contributed by atoms with van der Waals surface area (Å²) in [6, 6.07) is 8.01. The first-order chi connectivity index (χ1) is 7.85. The molecule has 0 aliphatic rings. The summed E-state index contributed by atoms with van der Waals surface area (Å²) in [6.07, 6.45) is 3.41.